The van der Waals surface area contributed by atoms with Crippen molar-refractivity contribution in [1.29, 1.82) is 0 Å². The van der Waals surface area contributed by atoms with E-state index in [9.17, 15) is 14.4 Å². The number of anilines is 1. The zero-order valence-corrected chi connectivity index (χ0v) is 30.8. The van der Waals surface area contributed by atoms with Crippen LogP contribution in [0.4, 0.5) is 5.69 Å². The third-order valence-corrected chi connectivity index (χ3v) is 11.2. The summed E-state index contributed by atoms with van der Waals surface area (Å²) in [5.74, 6) is -0.936. The summed E-state index contributed by atoms with van der Waals surface area (Å²) in [5, 5.41) is 12.6. The van der Waals surface area contributed by atoms with Crippen LogP contribution >= 0.6 is 7.92 Å². The van der Waals surface area contributed by atoms with E-state index in [1.54, 1.807) is 18.2 Å². The summed E-state index contributed by atoms with van der Waals surface area (Å²) in [6, 6.07) is 33.5. The lowest BCUT2D eigenvalue weighted by Gasteiger charge is -2.20. The van der Waals surface area contributed by atoms with Crippen molar-refractivity contribution >= 4 is 47.2 Å². The Labute approximate surface area is 300 Å². The number of carbonyl (C=O) groups is 3. The zero-order valence-electron chi connectivity index (χ0n) is 29.9. The van der Waals surface area contributed by atoms with Crippen LogP contribution in [-0.4, -0.2) is 30.8 Å². The Morgan fingerprint density at radius 3 is 1.36 bits per heavy atom. The minimum atomic E-state index is -0.851. The van der Waals surface area contributed by atoms with E-state index >= 15 is 0 Å². The molecule has 50 heavy (non-hydrogen) atoms. The van der Waals surface area contributed by atoms with Crippen molar-refractivity contribution in [3.63, 3.8) is 0 Å². The van der Waals surface area contributed by atoms with Gasteiger partial charge in [0.05, 0.1) is 0 Å². The molecule has 4 rings (SSSR count). The maximum atomic E-state index is 13.8. The molecule has 0 unspecified atom stereocenters. The molecule has 0 saturated heterocycles. The summed E-state index contributed by atoms with van der Waals surface area (Å²) in [6.07, 6.45) is 13.5. The minimum Gasteiger partial charge on any atom is -0.352 e. The molecule has 0 aliphatic rings. The highest BCUT2D eigenvalue weighted by molar-refractivity contribution is 7.79. The fourth-order valence-corrected chi connectivity index (χ4v) is 8.31. The van der Waals surface area contributed by atoms with Gasteiger partial charge in [-0.25, -0.2) is 0 Å². The van der Waals surface area contributed by atoms with Crippen molar-refractivity contribution in [3.05, 3.63) is 120 Å². The van der Waals surface area contributed by atoms with E-state index in [-0.39, 0.29) is 23.3 Å². The first kappa shape index (κ1) is 38.5. The number of unbranched alkanes of at least 4 members (excludes halogenated alkanes) is 10. The molecule has 0 bridgehead atoms. The fourth-order valence-electron chi connectivity index (χ4n) is 5.97. The van der Waals surface area contributed by atoms with Gasteiger partial charge in [0.25, 0.3) is 17.7 Å². The first-order valence-corrected chi connectivity index (χ1v) is 19.9. The first-order valence-electron chi connectivity index (χ1n) is 18.5. The SMILES string of the molecule is CCCCCCCCNC(=O)c1cc(C(=O)NCCCCCCCC)cc(C(=O)Nc2cccc(P(c3ccccc3)c3ccccc3)c2)c1. The van der Waals surface area contributed by atoms with Gasteiger partial charge in [0.1, 0.15) is 0 Å². The quantitative estimate of drug-likeness (QED) is 0.0603. The smallest absolute Gasteiger partial charge is 0.255 e. The molecule has 0 fully saturated rings. The van der Waals surface area contributed by atoms with Gasteiger partial charge in [-0.2, -0.15) is 0 Å². The highest BCUT2D eigenvalue weighted by atomic mass is 31.1. The van der Waals surface area contributed by atoms with Crippen molar-refractivity contribution in [1.82, 2.24) is 10.6 Å². The van der Waals surface area contributed by atoms with Crippen LogP contribution in [0.1, 0.15) is 122 Å². The van der Waals surface area contributed by atoms with Crippen LogP contribution in [0.25, 0.3) is 0 Å². The molecule has 6 nitrogen and oxygen atoms in total. The third kappa shape index (κ3) is 12.6. The summed E-state index contributed by atoms with van der Waals surface area (Å²) < 4.78 is 0. The molecule has 0 aromatic heterocycles. The predicted molar refractivity (Wildman–Crippen MR) is 211 cm³/mol. The lowest BCUT2D eigenvalue weighted by atomic mass is 10.0. The molecule has 4 aromatic rings. The summed E-state index contributed by atoms with van der Waals surface area (Å²) in [5.41, 5.74) is 1.53. The molecule has 0 aliphatic heterocycles. The largest absolute Gasteiger partial charge is 0.352 e. The summed E-state index contributed by atoms with van der Waals surface area (Å²) in [7, 11) is -0.851. The van der Waals surface area contributed by atoms with E-state index in [0.717, 1.165) is 43.8 Å². The normalized spacial score (nSPS) is 10.9. The van der Waals surface area contributed by atoms with Crippen molar-refractivity contribution in [2.24, 2.45) is 0 Å². The Balaban J connectivity index is 1.51. The molecule has 264 valence electrons. The van der Waals surface area contributed by atoms with E-state index in [1.165, 1.54) is 49.1 Å². The Hall–Kier alpha value is -4.28. The summed E-state index contributed by atoms with van der Waals surface area (Å²) in [6.45, 7) is 5.50. The van der Waals surface area contributed by atoms with E-state index in [0.29, 0.717) is 29.9 Å². The molecule has 0 heterocycles. The molecule has 0 spiro atoms. The average Bonchev–Trinajstić information content (AvgIpc) is 3.15. The van der Waals surface area contributed by atoms with Gasteiger partial charge in [0, 0.05) is 35.5 Å². The number of hydrogen-bond acceptors (Lipinski definition) is 3. The molecule has 3 N–H and O–H groups in total. The van der Waals surface area contributed by atoms with Gasteiger partial charge >= 0.3 is 0 Å². The van der Waals surface area contributed by atoms with Gasteiger partial charge in [-0.1, -0.05) is 151 Å². The molecular weight excluding hydrogens is 637 g/mol. The fraction of sp³-hybridized carbons (Fsp3) is 0.372. The van der Waals surface area contributed by atoms with Crippen molar-refractivity contribution < 1.29 is 14.4 Å². The number of amides is 3. The second-order valence-corrected chi connectivity index (χ2v) is 15.1. The van der Waals surface area contributed by atoms with E-state index < -0.39 is 7.92 Å². The lowest BCUT2D eigenvalue weighted by Crippen LogP contribution is -2.28. The standard InChI is InChI=1S/C43H54N3O3P/c1-3-5-7-9-11-19-28-44-41(47)34-30-35(42(48)45-29-20-12-10-8-6-4-2)32-36(31-34)43(49)46-37-22-21-27-40(33-37)50(38-23-15-13-16-24-38)39-25-17-14-18-26-39/h13-18,21-27,30-33H,3-12,19-20,28-29H2,1-2H3,(H,44,47)(H,45,48)(H,46,49). The maximum absolute atomic E-state index is 13.8. The zero-order chi connectivity index (χ0) is 35.4. The average molecular weight is 692 g/mol. The highest BCUT2D eigenvalue weighted by Crippen LogP contribution is 2.33. The predicted octanol–water partition coefficient (Wildman–Crippen LogP) is 8.88. The second-order valence-electron chi connectivity index (χ2n) is 12.9. The monoisotopic (exact) mass is 691 g/mol. The van der Waals surface area contributed by atoms with Gasteiger partial charge in [-0.15, -0.1) is 0 Å². The number of rotatable bonds is 21. The van der Waals surface area contributed by atoms with Crippen LogP contribution < -0.4 is 31.9 Å². The van der Waals surface area contributed by atoms with Crippen molar-refractivity contribution in [3.8, 4) is 0 Å². The summed E-state index contributed by atoms with van der Waals surface area (Å²) in [4.78, 5) is 40.4. The third-order valence-electron chi connectivity index (χ3n) is 8.74. The summed E-state index contributed by atoms with van der Waals surface area (Å²) >= 11 is 0. The number of carbonyl (C=O) groups excluding carboxylic acids is 3. The van der Waals surface area contributed by atoms with E-state index in [4.69, 9.17) is 0 Å². The van der Waals surface area contributed by atoms with Gasteiger partial charge in [0.2, 0.25) is 0 Å². The van der Waals surface area contributed by atoms with Crippen LogP contribution in [0.2, 0.25) is 0 Å². The number of nitrogens with one attached hydrogen (secondary N) is 3. The maximum Gasteiger partial charge on any atom is 0.255 e. The molecule has 4 aromatic carbocycles. The van der Waals surface area contributed by atoms with Crippen LogP contribution in [0.15, 0.2) is 103 Å². The Bertz CT molecular complexity index is 1540. The Kier molecular flexibility index (Phi) is 16.7. The number of hydrogen-bond donors (Lipinski definition) is 3. The van der Waals surface area contributed by atoms with Gasteiger partial charge in [-0.05, 0) is 67.0 Å². The minimum absolute atomic E-state index is 0.265. The highest BCUT2D eigenvalue weighted by Gasteiger charge is 2.19. The van der Waals surface area contributed by atoms with Crippen molar-refractivity contribution in [2.75, 3.05) is 18.4 Å². The molecular formula is C43H54N3O3P. The van der Waals surface area contributed by atoms with E-state index in [2.05, 4.69) is 84.4 Å². The molecule has 0 radical (unpaired) electrons. The molecule has 7 heteroatoms. The van der Waals surface area contributed by atoms with Gasteiger partial charge in [0.15, 0.2) is 0 Å². The molecule has 0 atom stereocenters. The van der Waals surface area contributed by atoms with Gasteiger partial charge in [-0.3, -0.25) is 14.4 Å². The van der Waals surface area contributed by atoms with Gasteiger partial charge < -0.3 is 16.0 Å². The second kappa shape index (κ2) is 21.7. The molecule has 0 saturated carbocycles. The first-order chi connectivity index (χ1) is 24.5. The van der Waals surface area contributed by atoms with Crippen LogP contribution in [0.5, 0.6) is 0 Å². The number of benzene rings is 4. The topological polar surface area (TPSA) is 87.3 Å². The Morgan fingerprint density at radius 2 is 0.880 bits per heavy atom. The van der Waals surface area contributed by atoms with Crippen LogP contribution in [-0.2, 0) is 0 Å². The molecule has 3 amide bonds. The van der Waals surface area contributed by atoms with E-state index in [1.807, 2.05) is 30.3 Å². The molecule has 0 aliphatic carbocycles. The van der Waals surface area contributed by atoms with Crippen LogP contribution in [0, 0.1) is 0 Å². The van der Waals surface area contributed by atoms with Crippen molar-refractivity contribution in [2.45, 2.75) is 90.9 Å². The van der Waals surface area contributed by atoms with Crippen LogP contribution in [0.3, 0.4) is 0 Å². The lowest BCUT2D eigenvalue weighted by molar-refractivity contribution is 0.0952. The Morgan fingerprint density at radius 1 is 0.460 bits per heavy atom.